The summed E-state index contributed by atoms with van der Waals surface area (Å²) in [6.07, 6.45) is 0. The van der Waals surface area contributed by atoms with Crippen molar-refractivity contribution < 1.29 is 13.2 Å². The predicted octanol–water partition coefficient (Wildman–Crippen LogP) is 4.32. The Hall–Kier alpha value is -2.91. The molecule has 0 saturated heterocycles. The molecule has 0 saturated carbocycles. The highest BCUT2D eigenvalue weighted by atomic mass is 32.2. The fraction of sp³-hybridized carbons (Fsp3) is 0.227. The topological polar surface area (TPSA) is 101 Å². The van der Waals surface area contributed by atoms with Crippen molar-refractivity contribution in [2.24, 2.45) is 0 Å². The minimum Gasteiger partial charge on any atom is -0.325 e. The third-order valence-electron chi connectivity index (χ3n) is 4.34. The molecule has 7 nitrogen and oxygen atoms in total. The number of aromatic nitrogens is 2. The van der Waals surface area contributed by atoms with Gasteiger partial charge in [0.25, 0.3) is 10.0 Å². The zero-order valence-electron chi connectivity index (χ0n) is 17.7. The number of sulfonamides is 1. The Balaban J connectivity index is 1.64. The van der Waals surface area contributed by atoms with Crippen LogP contribution in [0.2, 0.25) is 0 Å². The van der Waals surface area contributed by atoms with Gasteiger partial charge in [0.05, 0.1) is 10.1 Å². The van der Waals surface area contributed by atoms with Gasteiger partial charge in [0.15, 0.2) is 0 Å². The molecule has 1 heterocycles. The number of carbonyl (C=O) groups excluding carboxylic acids is 1. The molecule has 9 heteroatoms. The molecule has 2 N–H and O–H groups in total. The fourth-order valence-corrected chi connectivity index (χ4v) is 4.60. The molecule has 0 aliphatic heterocycles. The van der Waals surface area contributed by atoms with E-state index in [1.54, 1.807) is 32.0 Å². The van der Waals surface area contributed by atoms with Crippen LogP contribution >= 0.6 is 11.8 Å². The van der Waals surface area contributed by atoms with Gasteiger partial charge in [-0.3, -0.25) is 4.79 Å². The molecule has 1 aromatic heterocycles. The molecule has 162 valence electrons. The lowest BCUT2D eigenvalue weighted by atomic mass is 10.2. The average Bonchev–Trinajstić information content (AvgIpc) is 2.69. The lowest BCUT2D eigenvalue weighted by molar-refractivity contribution is -0.115. The molecule has 0 unspecified atom stereocenters. The highest BCUT2D eigenvalue weighted by Gasteiger charge is 2.18. The molecular formula is C22H24N4O3S2. The fourth-order valence-electron chi connectivity index (χ4n) is 2.79. The lowest BCUT2D eigenvalue weighted by Gasteiger charge is -2.13. The molecule has 0 aliphatic carbocycles. The van der Waals surface area contributed by atoms with E-state index in [4.69, 9.17) is 0 Å². The Labute approximate surface area is 186 Å². The van der Waals surface area contributed by atoms with Crippen LogP contribution in [-0.2, 0) is 14.8 Å². The van der Waals surface area contributed by atoms with Gasteiger partial charge in [-0.05, 0) is 70.2 Å². The number of hydrogen-bond acceptors (Lipinski definition) is 6. The van der Waals surface area contributed by atoms with Crippen LogP contribution in [-0.4, -0.2) is 29.5 Å². The van der Waals surface area contributed by atoms with Gasteiger partial charge in [-0.25, -0.2) is 23.1 Å². The number of anilines is 2. The van der Waals surface area contributed by atoms with Crippen LogP contribution in [0.4, 0.5) is 11.6 Å². The Morgan fingerprint density at radius 2 is 1.52 bits per heavy atom. The van der Waals surface area contributed by atoms with Gasteiger partial charge in [-0.15, -0.1) is 11.8 Å². The number of nitrogens with one attached hydrogen (secondary N) is 2. The number of thioether (sulfide) groups is 1. The van der Waals surface area contributed by atoms with Crippen LogP contribution in [0.25, 0.3) is 0 Å². The van der Waals surface area contributed by atoms with Gasteiger partial charge in [0.2, 0.25) is 11.9 Å². The summed E-state index contributed by atoms with van der Waals surface area (Å²) in [6.45, 7) is 7.37. The molecule has 1 amide bonds. The molecule has 1 atom stereocenters. The molecule has 0 bridgehead atoms. The van der Waals surface area contributed by atoms with Crippen molar-refractivity contribution in [1.82, 2.24) is 9.97 Å². The number of benzene rings is 2. The molecular weight excluding hydrogens is 432 g/mol. The van der Waals surface area contributed by atoms with E-state index in [9.17, 15) is 13.2 Å². The molecule has 0 spiro atoms. The van der Waals surface area contributed by atoms with Crippen LogP contribution in [0.1, 0.15) is 23.9 Å². The van der Waals surface area contributed by atoms with E-state index < -0.39 is 10.0 Å². The number of aryl methyl sites for hydroxylation is 3. The predicted molar refractivity (Wildman–Crippen MR) is 124 cm³/mol. The van der Waals surface area contributed by atoms with Crippen LogP contribution < -0.4 is 10.0 Å². The first-order chi connectivity index (χ1) is 14.6. The summed E-state index contributed by atoms with van der Waals surface area (Å²) in [6, 6.07) is 15.7. The summed E-state index contributed by atoms with van der Waals surface area (Å²) in [5.41, 5.74) is 3.01. The summed E-state index contributed by atoms with van der Waals surface area (Å²) < 4.78 is 27.6. The van der Waals surface area contributed by atoms with E-state index >= 15 is 0 Å². The van der Waals surface area contributed by atoms with Crippen molar-refractivity contribution in [3.05, 3.63) is 71.5 Å². The maximum absolute atomic E-state index is 12.6. The lowest BCUT2D eigenvalue weighted by Crippen LogP contribution is -2.22. The first kappa shape index (κ1) is 22.8. The number of carbonyl (C=O) groups is 1. The maximum Gasteiger partial charge on any atom is 0.264 e. The summed E-state index contributed by atoms with van der Waals surface area (Å²) in [4.78, 5) is 21.8. The molecule has 0 fully saturated rings. The zero-order valence-corrected chi connectivity index (χ0v) is 19.3. The molecule has 0 aliphatic rings. The largest absolute Gasteiger partial charge is 0.325 e. The zero-order chi connectivity index (χ0) is 22.6. The van der Waals surface area contributed by atoms with Crippen LogP contribution in [0.5, 0.6) is 0 Å². The number of rotatable bonds is 7. The van der Waals surface area contributed by atoms with Gasteiger partial charge >= 0.3 is 0 Å². The third-order valence-corrected chi connectivity index (χ3v) is 6.80. The van der Waals surface area contributed by atoms with Gasteiger partial charge in [0.1, 0.15) is 0 Å². The molecule has 31 heavy (non-hydrogen) atoms. The van der Waals surface area contributed by atoms with Crippen LogP contribution in [0, 0.1) is 20.8 Å². The van der Waals surface area contributed by atoms with Crippen LogP contribution in [0.3, 0.4) is 0 Å². The van der Waals surface area contributed by atoms with E-state index in [-0.39, 0.29) is 22.0 Å². The normalized spacial score (nSPS) is 12.3. The van der Waals surface area contributed by atoms with Crippen LogP contribution in [0.15, 0.2) is 64.4 Å². The second-order valence-electron chi connectivity index (χ2n) is 7.17. The summed E-state index contributed by atoms with van der Waals surface area (Å²) in [5.74, 6) is -0.139. The van der Waals surface area contributed by atoms with E-state index in [1.165, 1.54) is 23.9 Å². The summed E-state index contributed by atoms with van der Waals surface area (Å²) in [5, 5.41) is 2.51. The molecule has 2 aromatic carbocycles. The SMILES string of the molecule is Cc1ccc(S[C@H](C)C(=O)Nc2ccc(S(=O)(=O)Nc3nc(C)cc(C)n3)cc2)cc1. The van der Waals surface area contributed by atoms with E-state index in [1.807, 2.05) is 38.1 Å². The monoisotopic (exact) mass is 456 g/mol. The van der Waals surface area contributed by atoms with Crippen molar-refractivity contribution in [1.29, 1.82) is 0 Å². The quantitative estimate of drug-likeness (QED) is 0.514. The number of amides is 1. The standard InChI is InChI=1S/C22H24N4O3S2/c1-14-5-9-19(10-6-14)30-17(4)21(27)25-18-7-11-20(12-8-18)31(28,29)26-22-23-15(2)13-16(3)24-22/h5-13,17H,1-4H3,(H,25,27)(H,23,24,26)/t17-/m1/s1. The maximum atomic E-state index is 12.6. The summed E-state index contributed by atoms with van der Waals surface area (Å²) >= 11 is 1.46. The average molecular weight is 457 g/mol. The van der Waals surface area contributed by atoms with E-state index in [0.29, 0.717) is 17.1 Å². The number of nitrogens with zero attached hydrogens (tertiary/aromatic N) is 2. The second-order valence-corrected chi connectivity index (χ2v) is 10.3. The van der Waals surface area contributed by atoms with Crippen molar-refractivity contribution in [2.45, 2.75) is 42.7 Å². The van der Waals surface area contributed by atoms with E-state index in [2.05, 4.69) is 20.0 Å². The van der Waals surface area contributed by atoms with Crippen molar-refractivity contribution >= 4 is 39.3 Å². The Morgan fingerprint density at radius 1 is 0.935 bits per heavy atom. The molecule has 0 radical (unpaired) electrons. The minimum atomic E-state index is -3.84. The Bertz CT molecular complexity index is 1160. The highest BCUT2D eigenvalue weighted by Crippen LogP contribution is 2.25. The van der Waals surface area contributed by atoms with Gasteiger partial charge in [-0.2, -0.15) is 0 Å². The van der Waals surface area contributed by atoms with Crippen molar-refractivity contribution in [3.8, 4) is 0 Å². The molecule has 3 rings (SSSR count). The van der Waals surface area contributed by atoms with Gasteiger partial charge < -0.3 is 5.32 Å². The third kappa shape index (κ3) is 6.28. The minimum absolute atomic E-state index is 0.0248. The summed E-state index contributed by atoms with van der Waals surface area (Å²) in [7, 11) is -3.84. The van der Waals surface area contributed by atoms with Gasteiger partial charge in [-0.1, -0.05) is 17.7 Å². The smallest absolute Gasteiger partial charge is 0.264 e. The Morgan fingerprint density at radius 3 is 2.10 bits per heavy atom. The Kier molecular flexibility index (Phi) is 6.97. The van der Waals surface area contributed by atoms with Crippen molar-refractivity contribution in [2.75, 3.05) is 10.0 Å². The molecule has 3 aromatic rings. The highest BCUT2D eigenvalue weighted by molar-refractivity contribution is 8.00. The first-order valence-corrected chi connectivity index (χ1v) is 12.0. The number of hydrogen-bond donors (Lipinski definition) is 2. The first-order valence-electron chi connectivity index (χ1n) is 9.62. The van der Waals surface area contributed by atoms with Crippen molar-refractivity contribution in [3.63, 3.8) is 0 Å². The second kappa shape index (κ2) is 9.49. The van der Waals surface area contributed by atoms with Gasteiger partial charge in [0, 0.05) is 22.0 Å². The van der Waals surface area contributed by atoms with E-state index in [0.717, 1.165) is 10.5 Å².